The summed E-state index contributed by atoms with van der Waals surface area (Å²) in [5.41, 5.74) is 0.743. The van der Waals surface area contributed by atoms with E-state index in [9.17, 15) is 9.90 Å². The number of anilines is 1. The molecule has 2 rings (SSSR count). The van der Waals surface area contributed by atoms with Crippen LogP contribution in [-0.2, 0) is 4.79 Å². The zero-order chi connectivity index (χ0) is 12.4. The van der Waals surface area contributed by atoms with Gasteiger partial charge in [0.1, 0.15) is 5.75 Å². The summed E-state index contributed by atoms with van der Waals surface area (Å²) in [5.74, 6) is 0.505. The predicted molar refractivity (Wildman–Crippen MR) is 65.6 cm³/mol. The number of hydrogen-bond donors (Lipinski definition) is 1. The highest BCUT2D eigenvalue weighted by molar-refractivity contribution is 6.32. The van der Waals surface area contributed by atoms with Crippen molar-refractivity contribution in [3.05, 3.63) is 23.2 Å². The molecule has 4 nitrogen and oxygen atoms in total. The quantitative estimate of drug-likeness (QED) is 0.877. The zero-order valence-electron chi connectivity index (χ0n) is 9.52. The normalized spacial score (nSPS) is 20.5. The van der Waals surface area contributed by atoms with E-state index in [-0.39, 0.29) is 12.3 Å². The summed E-state index contributed by atoms with van der Waals surface area (Å²) in [6.07, 6.45) is 0.242. The van der Waals surface area contributed by atoms with Crippen LogP contribution in [0.4, 0.5) is 5.69 Å². The number of benzene rings is 1. The Balaban J connectivity index is 2.22. The first-order valence-electron chi connectivity index (χ1n) is 5.44. The molecule has 0 saturated carbocycles. The highest BCUT2D eigenvalue weighted by atomic mass is 35.5. The fourth-order valence-electron chi connectivity index (χ4n) is 1.91. The summed E-state index contributed by atoms with van der Waals surface area (Å²) in [5, 5.41) is 9.86. The summed E-state index contributed by atoms with van der Waals surface area (Å²) >= 11 is 6.01. The third-order valence-corrected chi connectivity index (χ3v) is 3.14. The molecule has 0 spiro atoms. The second-order valence-corrected chi connectivity index (χ2v) is 4.42. The largest absolute Gasteiger partial charge is 0.495 e. The highest BCUT2D eigenvalue weighted by Gasteiger charge is 2.25. The van der Waals surface area contributed by atoms with E-state index >= 15 is 0 Å². The smallest absolute Gasteiger partial charge is 0.229 e. The molecule has 0 radical (unpaired) electrons. The van der Waals surface area contributed by atoms with Gasteiger partial charge in [0.2, 0.25) is 5.91 Å². The van der Waals surface area contributed by atoms with Crippen LogP contribution in [0.25, 0.3) is 0 Å². The molecule has 1 aliphatic heterocycles. The zero-order valence-corrected chi connectivity index (χ0v) is 10.3. The van der Waals surface area contributed by atoms with Crippen LogP contribution in [0.15, 0.2) is 18.2 Å². The maximum Gasteiger partial charge on any atom is 0.229 e. The van der Waals surface area contributed by atoms with Crippen LogP contribution in [0.5, 0.6) is 5.75 Å². The lowest BCUT2D eigenvalue weighted by Gasteiger charge is -2.29. The average Bonchev–Trinajstić information content (AvgIpc) is 2.29. The molecule has 1 saturated heterocycles. The van der Waals surface area contributed by atoms with Crippen molar-refractivity contribution in [3.63, 3.8) is 0 Å². The first-order chi connectivity index (χ1) is 8.11. The fraction of sp³-hybridized carbons (Fsp3) is 0.417. The summed E-state index contributed by atoms with van der Waals surface area (Å²) in [6.45, 7) is 0.517. The van der Waals surface area contributed by atoms with Crippen LogP contribution in [-0.4, -0.2) is 30.8 Å². The van der Waals surface area contributed by atoms with Gasteiger partial charge in [-0.15, -0.1) is 0 Å². The summed E-state index contributed by atoms with van der Waals surface area (Å²) in [7, 11) is 1.54. The van der Waals surface area contributed by atoms with E-state index in [4.69, 9.17) is 16.3 Å². The number of hydrogen-bond acceptors (Lipinski definition) is 3. The minimum Gasteiger partial charge on any atom is -0.495 e. The van der Waals surface area contributed by atoms with Crippen LogP contribution in [0.3, 0.4) is 0 Å². The Morgan fingerprint density at radius 3 is 2.88 bits per heavy atom. The fourth-order valence-corrected chi connectivity index (χ4v) is 2.16. The molecule has 1 aliphatic rings. The molecule has 92 valence electrons. The molecule has 1 fully saturated rings. The van der Waals surface area contributed by atoms with Gasteiger partial charge in [0.15, 0.2) is 0 Å². The van der Waals surface area contributed by atoms with Crippen LogP contribution < -0.4 is 9.64 Å². The maximum atomic E-state index is 11.8. The second-order valence-electron chi connectivity index (χ2n) is 4.01. The molecule has 1 N–H and O–H groups in total. The topological polar surface area (TPSA) is 49.8 Å². The van der Waals surface area contributed by atoms with Crippen molar-refractivity contribution in [1.82, 2.24) is 0 Å². The predicted octanol–water partition coefficient (Wildman–Crippen LogP) is 1.84. The van der Waals surface area contributed by atoms with Gasteiger partial charge in [-0.25, -0.2) is 0 Å². The molecule has 1 heterocycles. The number of carbonyl (C=O) groups is 1. The van der Waals surface area contributed by atoms with E-state index in [1.165, 1.54) is 0 Å². The number of nitrogens with zero attached hydrogens (tertiary/aromatic N) is 1. The lowest BCUT2D eigenvalue weighted by molar-refractivity contribution is -0.122. The number of carbonyl (C=O) groups excluding carboxylic acids is 1. The van der Waals surface area contributed by atoms with Gasteiger partial charge in [0, 0.05) is 12.2 Å². The van der Waals surface area contributed by atoms with Gasteiger partial charge < -0.3 is 14.7 Å². The summed E-state index contributed by atoms with van der Waals surface area (Å²) in [4.78, 5) is 13.4. The molecular weight excluding hydrogens is 242 g/mol. The van der Waals surface area contributed by atoms with Gasteiger partial charge in [-0.1, -0.05) is 11.6 Å². The van der Waals surface area contributed by atoms with E-state index in [1.54, 1.807) is 30.2 Å². The molecule has 0 bridgehead atoms. The number of aliphatic hydroxyl groups is 1. The van der Waals surface area contributed by atoms with Crippen molar-refractivity contribution in [2.45, 2.75) is 18.9 Å². The lowest BCUT2D eigenvalue weighted by atomic mass is 10.1. The molecule has 1 atom stereocenters. The van der Waals surface area contributed by atoms with E-state index < -0.39 is 6.10 Å². The first-order valence-corrected chi connectivity index (χ1v) is 5.81. The van der Waals surface area contributed by atoms with Crippen molar-refractivity contribution in [2.75, 3.05) is 18.6 Å². The van der Waals surface area contributed by atoms with Crippen molar-refractivity contribution < 1.29 is 14.6 Å². The van der Waals surface area contributed by atoms with E-state index in [2.05, 4.69) is 0 Å². The Bertz CT molecular complexity index is 436. The number of aliphatic hydroxyl groups excluding tert-OH is 1. The summed E-state index contributed by atoms with van der Waals surface area (Å²) in [6, 6.07) is 5.23. The molecule has 1 aromatic carbocycles. The van der Waals surface area contributed by atoms with Crippen LogP contribution >= 0.6 is 11.6 Å². The Hall–Kier alpha value is -1.26. The van der Waals surface area contributed by atoms with E-state index in [0.29, 0.717) is 23.7 Å². The number of halogens is 1. The Morgan fingerprint density at radius 2 is 2.29 bits per heavy atom. The van der Waals surface area contributed by atoms with Gasteiger partial charge in [0.25, 0.3) is 0 Å². The van der Waals surface area contributed by atoms with Gasteiger partial charge in [-0.3, -0.25) is 4.79 Å². The molecule has 0 aromatic heterocycles. The Labute approximate surface area is 105 Å². The molecule has 1 aromatic rings. The maximum absolute atomic E-state index is 11.8. The number of methoxy groups -OCH3 is 1. The Kier molecular flexibility index (Phi) is 3.54. The van der Waals surface area contributed by atoms with E-state index in [0.717, 1.165) is 5.69 Å². The van der Waals surface area contributed by atoms with E-state index in [1.807, 2.05) is 0 Å². The van der Waals surface area contributed by atoms with Crippen molar-refractivity contribution in [3.8, 4) is 5.75 Å². The van der Waals surface area contributed by atoms with Crippen molar-refractivity contribution in [2.24, 2.45) is 0 Å². The molecule has 5 heteroatoms. The minimum absolute atomic E-state index is 0.0787. The number of piperidine rings is 1. The molecule has 17 heavy (non-hydrogen) atoms. The monoisotopic (exact) mass is 255 g/mol. The van der Waals surface area contributed by atoms with Crippen LogP contribution in [0.2, 0.25) is 5.02 Å². The van der Waals surface area contributed by atoms with Gasteiger partial charge >= 0.3 is 0 Å². The standard InChI is InChI=1S/C12H14ClNO3/c1-17-11-3-2-8(6-10(11)13)14-5-4-9(15)7-12(14)16/h2-3,6,9,15H,4-5,7H2,1H3. The average molecular weight is 256 g/mol. The molecule has 1 amide bonds. The van der Waals surface area contributed by atoms with Crippen molar-refractivity contribution in [1.29, 1.82) is 0 Å². The van der Waals surface area contributed by atoms with Crippen LogP contribution in [0.1, 0.15) is 12.8 Å². The lowest BCUT2D eigenvalue weighted by Crippen LogP contribution is -2.40. The van der Waals surface area contributed by atoms with Crippen molar-refractivity contribution >= 4 is 23.2 Å². The SMILES string of the molecule is COc1ccc(N2CCC(O)CC2=O)cc1Cl. The Morgan fingerprint density at radius 1 is 1.53 bits per heavy atom. The minimum atomic E-state index is -0.521. The highest BCUT2D eigenvalue weighted by Crippen LogP contribution is 2.30. The third kappa shape index (κ3) is 2.53. The van der Waals surface area contributed by atoms with Gasteiger partial charge in [-0.05, 0) is 24.6 Å². The third-order valence-electron chi connectivity index (χ3n) is 2.84. The van der Waals surface area contributed by atoms with Gasteiger partial charge in [-0.2, -0.15) is 0 Å². The second kappa shape index (κ2) is 4.94. The number of rotatable bonds is 2. The molecular formula is C12H14ClNO3. The number of ether oxygens (including phenoxy) is 1. The summed E-state index contributed by atoms with van der Waals surface area (Å²) < 4.78 is 5.06. The molecule has 1 unspecified atom stereocenters. The molecule has 0 aliphatic carbocycles. The van der Waals surface area contributed by atoms with Crippen LogP contribution in [0, 0.1) is 0 Å². The number of amides is 1. The first kappa shape index (κ1) is 12.2. The van der Waals surface area contributed by atoms with Gasteiger partial charge in [0.05, 0.1) is 24.7 Å².